The van der Waals surface area contributed by atoms with Gasteiger partial charge in [0.1, 0.15) is 23.9 Å². The lowest BCUT2D eigenvalue weighted by molar-refractivity contribution is -0.707. The summed E-state index contributed by atoms with van der Waals surface area (Å²) in [7, 11) is 0. The van der Waals surface area contributed by atoms with Gasteiger partial charge in [-0.1, -0.05) is 29.3 Å². The lowest BCUT2D eigenvalue weighted by Gasteiger charge is -2.14. The van der Waals surface area contributed by atoms with Crippen LogP contribution in [0.5, 0.6) is 5.75 Å². The molecule has 0 aliphatic carbocycles. The van der Waals surface area contributed by atoms with E-state index in [1.807, 2.05) is 19.1 Å². The molecule has 0 saturated heterocycles. The fraction of sp³-hybridized carbons (Fsp3) is 0.211. The van der Waals surface area contributed by atoms with Crippen molar-refractivity contribution in [2.75, 3.05) is 0 Å². The monoisotopic (exact) mass is 378 g/mol. The average Bonchev–Trinajstić information content (AvgIpc) is 2.56. The maximum Gasteiger partial charge on any atom is 0.336 e. The van der Waals surface area contributed by atoms with Gasteiger partial charge >= 0.3 is 5.63 Å². The smallest absolute Gasteiger partial charge is 0.336 e. The van der Waals surface area contributed by atoms with E-state index in [1.54, 1.807) is 25.1 Å². The van der Waals surface area contributed by atoms with E-state index < -0.39 is 5.63 Å². The lowest BCUT2D eigenvalue weighted by atomic mass is 10.0. The summed E-state index contributed by atoms with van der Waals surface area (Å²) in [6.07, 6.45) is 0. The van der Waals surface area contributed by atoms with Crippen LogP contribution < -0.4 is 10.9 Å². The average molecular weight is 379 g/mol. The van der Waals surface area contributed by atoms with Crippen molar-refractivity contribution in [1.29, 1.82) is 0 Å². The second kappa shape index (κ2) is 7.08. The number of phenols is 1. The fourth-order valence-electron chi connectivity index (χ4n) is 2.89. The Morgan fingerprint density at radius 2 is 1.96 bits per heavy atom. The third-order valence-electron chi connectivity index (χ3n) is 4.36. The van der Waals surface area contributed by atoms with E-state index in [1.165, 1.54) is 6.07 Å². The van der Waals surface area contributed by atoms with Gasteiger partial charge in [-0.2, -0.15) is 0 Å². The molecule has 3 aromatic rings. The maximum atomic E-state index is 11.9. The van der Waals surface area contributed by atoms with Crippen molar-refractivity contribution in [3.63, 3.8) is 0 Å². The summed E-state index contributed by atoms with van der Waals surface area (Å²) in [6, 6.07) is 10.4. The van der Waals surface area contributed by atoms with Crippen LogP contribution in [0.3, 0.4) is 0 Å². The number of aromatic hydroxyl groups is 1. The highest BCUT2D eigenvalue weighted by atomic mass is 35.5. The van der Waals surface area contributed by atoms with Crippen molar-refractivity contribution in [3.8, 4) is 5.75 Å². The molecule has 130 valence electrons. The van der Waals surface area contributed by atoms with Gasteiger partial charge < -0.3 is 14.8 Å². The quantitative estimate of drug-likeness (QED) is 0.675. The molecule has 2 aromatic carbocycles. The number of phenolic OH excluding ortho intramolecular Hbond substituents is 1. The zero-order valence-corrected chi connectivity index (χ0v) is 15.4. The fourth-order valence-corrected chi connectivity index (χ4v) is 3.47. The molecule has 4 nitrogen and oxygen atoms in total. The summed E-state index contributed by atoms with van der Waals surface area (Å²) in [5.74, 6) is 0.109. The summed E-state index contributed by atoms with van der Waals surface area (Å²) in [5, 5.41) is 14.0. The molecule has 0 spiro atoms. The van der Waals surface area contributed by atoms with Crippen LogP contribution in [0, 0.1) is 6.92 Å². The Morgan fingerprint density at radius 1 is 1.20 bits per heavy atom. The van der Waals surface area contributed by atoms with Crippen molar-refractivity contribution in [3.05, 3.63) is 73.6 Å². The highest BCUT2D eigenvalue weighted by molar-refractivity contribution is 6.35. The van der Waals surface area contributed by atoms with E-state index in [4.69, 9.17) is 27.6 Å². The Hall–Kier alpha value is -2.01. The van der Waals surface area contributed by atoms with E-state index >= 15 is 0 Å². The normalized spacial score (nSPS) is 12.5. The molecule has 0 bridgehead atoms. The number of benzene rings is 2. The van der Waals surface area contributed by atoms with E-state index in [0.717, 1.165) is 16.5 Å². The first kappa shape index (κ1) is 17.8. The molecular formula is C19H18Cl2NO3+. The number of fused-ring (bicyclic) bond motifs is 1. The van der Waals surface area contributed by atoms with E-state index in [2.05, 4.69) is 5.32 Å². The number of hydrogen-bond acceptors (Lipinski definition) is 3. The standard InChI is InChI=1S/C19H17Cl2NO3/c1-10-17(23)6-5-15-12(7-18(24)25-19(10)15)9-22-11(2)14-4-3-13(20)8-16(14)21/h3-8,11,22-23H,9H2,1-2H3/p+1/t11-/m0/s1. The van der Waals surface area contributed by atoms with Crippen molar-refractivity contribution >= 4 is 34.2 Å². The molecule has 0 fully saturated rings. The number of aryl methyl sites for hydroxylation is 1. The molecule has 0 aliphatic heterocycles. The van der Waals surface area contributed by atoms with Gasteiger partial charge in [-0.3, -0.25) is 0 Å². The first-order valence-electron chi connectivity index (χ1n) is 7.90. The van der Waals surface area contributed by atoms with Crippen molar-refractivity contribution in [1.82, 2.24) is 0 Å². The predicted molar refractivity (Wildman–Crippen MR) is 99.4 cm³/mol. The van der Waals surface area contributed by atoms with Gasteiger partial charge in [0.05, 0.1) is 5.02 Å². The summed E-state index contributed by atoms with van der Waals surface area (Å²) in [6.45, 7) is 4.34. The molecule has 0 unspecified atom stereocenters. The Balaban J connectivity index is 1.90. The van der Waals surface area contributed by atoms with Gasteiger partial charge in [0, 0.05) is 33.2 Å². The lowest BCUT2D eigenvalue weighted by Crippen LogP contribution is -2.83. The molecule has 0 amide bonds. The van der Waals surface area contributed by atoms with E-state index in [9.17, 15) is 9.90 Å². The van der Waals surface area contributed by atoms with Crippen LogP contribution >= 0.6 is 23.2 Å². The second-order valence-corrected chi connectivity index (χ2v) is 6.92. The molecule has 3 N–H and O–H groups in total. The van der Waals surface area contributed by atoms with Crippen molar-refractivity contribution in [2.45, 2.75) is 26.4 Å². The van der Waals surface area contributed by atoms with Crippen LogP contribution in [0.15, 0.2) is 45.6 Å². The predicted octanol–water partition coefficient (Wildman–Crippen LogP) is 3.94. The largest absolute Gasteiger partial charge is 0.508 e. The molecule has 3 rings (SSSR count). The van der Waals surface area contributed by atoms with E-state index in [-0.39, 0.29) is 11.8 Å². The zero-order chi connectivity index (χ0) is 18.1. The third-order valence-corrected chi connectivity index (χ3v) is 4.92. The number of quaternary nitrogens is 1. The molecule has 1 atom stereocenters. The molecule has 6 heteroatoms. The summed E-state index contributed by atoms with van der Waals surface area (Å²) >= 11 is 12.2. The summed E-state index contributed by atoms with van der Waals surface area (Å²) in [5.41, 5.74) is 2.39. The Bertz CT molecular complexity index is 998. The number of rotatable bonds is 4. The minimum atomic E-state index is -0.429. The van der Waals surface area contributed by atoms with Gasteiger partial charge in [0.25, 0.3) is 0 Å². The van der Waals surface area contributed by atoms with Gasteiger partial charge in [0.15, 0.2) is 0 Å². The van der Waals surface area contributed by atoms with Crippen LogP contribution in [0.4, 0.5) is 0 Å². The third kappa shape index (κ3) is 3.66. The minimum Gasteiger partial charge on any atom is -0.508 e. The van der Waals surface area contributed by atoms with Gasteiger partial charge in [0.2, 0.25) is 0 Å². The number of nitrogens with two attached hydrogens (primary N) is 1. The second-order valence-electron chi connectivity index (χ2n) is 6.07. The molecule has 0 radical (unpaired) electrons. The molecule has 0 saturated carbocycles. The molecule has 1 heterocycles. The zero-order valence-electron chi connectivity index (χ0n) is 13.8. The molecular weight excluding hydrogens is 361 g/mol. The van der Waals surface area contributed by atoms with Crippen LogP contribution in [-0.2, 0) is 6.54 Å². The maximum absolute atomic E-state index is 11.9. The Morgan fingerprint density at radius 3 is 2.68 bits per heavy atom. The SMILES string of the molecule is Cc1c(O)ccc2c(C[NH2+][C@@H](C)c3ccc(Cl)cc3Cl)cc(=O)oc12. The van der Waals surface area contributed by atoms with Crippen molar-refractivity contribution < 1.29 is 14.8 Å². The van der Waals surface area contributed by atoms with E-state index in [0.29, 0.717) is 27.7 Å². The summed E-state index contributed by atoms with van der Waals surface area (Å²) in [4.78, 5) is 11.9. The van der Waals surface area contributed by atoms with Crippen LogP contribution in [-0.4, -0.2) is 5.11 Å². The highest BCUT2D eigenvalue weighted by Crippen LogP contribution is 2.27. The minimum absolute atomic E-state index is 0.0882. The molecule has 25 heavy (non-hydrogen) atoms. The molecule has 1 aromatic heterocycles. The first-order valence-corrected chi connectivity index (χ1v) is 8.66. The van der Waals surface area contributed by atoms with Crippen LogP contribution in [0.1, 0.15) is 29.7 Å². The Kier molecular flexibility index (Phi) is 5.04. The number of hydrogen-bond donors (Lipinski definition) is 2. The topological polar surface area (TPSA) is 67.1 Å². The number of halogens is 2. The van der Waals surface area contributed by atoms with Gasteiger partial charge in [-0.15, -0.1) is 0 Å². The van der Waals surface area contributed by atoms with Gasteiger partial charge in [-0.05, 0) is 38.1 Å². The molecule has 0 aliphatic rings. The highest BCUT2D eigenvalue weighted by Gasteiger charge is 2.16. The van der Waals surface area contributed by atoms with Crippen LogP contribution in [0.2, 0.25) is 10.0 Å². The Labute approximate surface area is 155 Å². The van der Waals surface area contributed by atoms with Gasteiger partial charge in [-0.25, -0.2) is 4.79 Å². The van der Waals surface area contributed by atoms with Crippen molar-refractivity contribution in [2.24, 2.45) is 0 Å². The summed E-state index contributed by atoms with van der Waals surface area (Å²) < 4.78 is 5.27. The van der Waals surface area contributed by atoms with Crippen LogP contribution in [0.25, 0.3) is 11.0 Å². The first-order chi connectivity index (χ1) is 11.9.